The molecule has 0 aliphatic rings. The monoisotopic (exact) mass is 568 g/mol. The summed E-state index contributed by atoms with van der Waals surface area (Å²) >= 11 is 0. The Labute approximate surface area is 240 Å². The molecule has 4 aromatic rings. The molecular formula is C31H28N4O7. The molecule has 0 saturated heterocycles. The highest BCUT2D eigenvalue weighted by molar-refractivity contribution is 6.06. The molecule has 0 bridgehead atoms. The average Bonchev–Trinajstić information content (AvgIpc) is 3.73. The minimum Gasteiger partial charge on any atom is -0.465 e. The van der Waals surface area contributed by atoms with Gasteiger partial charge in [-0.2, -0.15) is 0 Å². The lowest BCUT2D eigenvalue weighted by molar-refractivity contribution is -0.118. The number of hydrogen-bond acceptors (Lipinski definition) is 7. The highest BCUT2D eigenvalue weighted by Crippen LogP contribution is 2.09. The van der Waals surface area contributed by atoms with Gasteiger partial charge in [-0.05, 0) is 48.5 Å². The number of carbonyl (C=O) groups is 4. The van der Waals surface area contributed by atoms with Gasteiger partial charge in [0.25, 0.3) is 23.6 Å². The Morgan fingerprint density at radius 1 is 0.619 bits per heavy atom. The second kappa shape index (κ2) is 14.6. The summed E-state index contributed by atoms with van der Waals surface area (Å²) in [6, 6.07) is 23.2. The van der Waals surface area contributed by atoms with Gasteiger partial charge in [0.15, 0.2) is 0 Å². The van der Waals surface area contributed by atoms with Gasteiger partial charge in [-0.25, -0.2) is 0 Å². The van der Waals surface area contributed by atoms with Crippen molar-refractivity contribution in [3.8, 4) is 0 Å². The van der Waals surface area contributed by atoms with E-state index in [1.165, 1.54) is 24.7 Å². The smallest absolute Gasteiger partial charge is 0.268 e. The van der Waals surface area contributed by atoms with Crippen molar-refractivity contribution >= 4 is 35.8 Å². The number of nitrogens with one attached hydrogen (secondary N) is 4. The van der Waals surface area contributed by atoms with Crippen molar-refractivity contribution < 1.29 is 33.1 Å². The number of hydrogen-bond donors (Lipinski definition) is 5. The summed E-state index contributed by atoms with van der Waals surface area (Å²) in [5.74, 6) is -1.73. The van der Waals surface area contributed by atoms with E-state index in [-0.39, 0.29) is 24.5 Å². The lowest BCUT2D eigenvalue weighted by atomic mass is 10.2. The maximum absolute atomic E-state index is 12.9. The summed E-state index contributed by atoms with van der Waals surface area (Å²) in [6.45, 7) is -0.521. The molecule has 2 aromatic heterocycles. The Hall–Kier alpha value is -5.68. The zero-order valence-corrected chi connectivity index (χ0v) is 22.3. The van der Waals surface area contributed by atoms with Gasteiger partial charge in [-0.1, -0.05) is 36.4 Å². The fraction of sp³-hybridized carbons (Fsp3) is 0.0968. The van der Waals surface area contributed by atoms with E-state index in [0.717, 1.165) is 0 Å². The molecule has 0 fully saturated rings. The largest absolute Gasteiger partial charge is 0.465 e. The fourth-order valence-corrected chi connectivity index (χ4v) is 3.60. The standard InChI is InChI=1S/C31H28N4O7/c36-23(19-32-30(39)26(17-24-13-7-15-41-24)34-28(37)21-9-3-1-4-10-21)20-33-31(40)27(18-25-14-8-16-42-25)35-29(38)22-11-5-2-6-12-22/h1-18,23,36H,19-20H2,(H,32,39)(H,33,40)(H,34,37)(H,35,38)/b26-17-,27-18+. The molecule has 0 saturated carbocycles. The van der Waals surface area contributed by atoms with E-state index in [2.05, 4.69) is 21.3 Å². The molecule has 0 aliphatic heterocycles. The third-order valence-corrected chi connectivity index (χ3v) is 5.71. The van der Waals surface area contributed by atoms with Crippen LogP contribution in [-0.2, 0) is 9.59 Å². The average molecular weight is 569 g/mol. The number of furan rings is 2. The zero-order valence-electron chi connectivity index (χ0n) is 22.3. The second-order valence-corrected chi connectivity index (χ2v) is 8.86. The van der Waals surface area contributed by atoms with Crippen LogP contribution in [0.1, 0.15) is 32.2 Å². The van der Waals surface area contributed by atoms with Crippen molar-refractivity contribution in [1.82, 2.24) is 21.3 Å². The van der Waals surface area contributed by atoms with E-state index in [1.807, 2.05) is 0 Å². The Morgan fingerprint density at radius 3 is 1.38 bits per heavy atom. The molecule has 5 N–H and O–H groups in total. The zero-order chi connectivity index (χ0) is 29.7. The van der Waals surface area contributed by atoms with Gasteiger partial charge in [-0.3, -0.25) is 19.2 Å². The van der Waals surface area contributed by atoms with E-state index in [4.69, 9.17) is 8.83 Å². The van der Waals surface area contributed by atoms with Gasteiger partial charge in [0, 0.05) is 36.4 Å². The van der Waals surface area contributed by atoms with Crippen LogP contribution >= 0.6 is 0 Å². The molecule has 214 valence electrons. The molecule has 2 heterocycles. The summed E-state index contributed by atoms with van der Waals surface area (Å²) in [4.78, 5) is 51.1. The molecule has 0 radical (unpaired) electrons. The highest BCUT2D eigenvalue weighted by atomic mass is 16.3. The summed E-state index contributed by atoms with van der Waals surface area (Å²) in [5.41, 5.74) is 0.469. The lowest BCUT2D eigenvalue weighted by Gasteiger charge is -2.16. The summed E-state index contributed by atoms with van der Waals surface area (Å²) in [7, 11) is 0. The SMILES string of the molecule is O=C(NCC(O)CNC(=O)/C(=C\c1ccco1)NC(=O)c1ccccc1)/C(=C/c1ccco1)NC(=O)c1ccccc1. The van der Waals surface area contributed by atoms with Crippen LogP contribution in [0, 0.1) is 0 Å². The van der Waals surface area contributed by atoms with Gasteiger partial charge in [0.2, 0.25) is 0 Å². The summed E-state index contributed by atoms with van der Waals surface area (Å²) < 4.78 is 10.5. The molecule has 0 aliphatic carbocycles. The van der Waals surface area contributed by atoms with Gasteiger partial charge in [-0.15, -0.1) is 0 Å². The van der Waals surface area contributed by atoms with Crippen LogP contribution in [0.25, 0.3) is 12.2 Å². The molecule has 1 atom stereocenters. The van der Waals surface area contributed by atoms with Crippen molar-refractivity contribution in [3.63, 3.8) is 0 Å². The van der Waals surface area contributed by atoms with E-state index in [0.29, 0.717) is 22.6 Å². The number of carbonyl (C=O) groups excluding carboxylic acids is 4. The molecule has 4 amide bonds. The fourth-order valence-electron chi connectivity index (χ4n) is 3.60. The number of aliphatic hydroxyl groups is 1. The maximum Gasteiger partial charge on any atom is 0.268 e. The van der Waals surface area contributed by atoms with E-state index in [1.54, 1.807) is 84.9 Å². The van der Waals surface area contributed by atoms with Crippen molar-refractivity contribution in [2.24, 2.45) is 0 Å². The quantitative estimate of drug-likeness (QED) is 0.164. The van der Waals surface area contributed by atoms with Gasteiger partial charge < -0.3 is 35.2 Å². The van der Waals surface area contributed by atoms with E-state index in [9.17, 15) is 24.3 Å². The van der Waals surface area contributed by atoms with Crippen LogP contribution in [0.3, 0.4) is 0 Å². The van der Waals surface area contributed by atoms with Crippen LogP contribution in [0.15, 0.2) is 118 Å². The second-order valence-electron chi connectivity index (χ2n) is 8.86. The molecule has 11 heteroatoms. The molecule has 1 unspecified atom stereocenters. The van der Waals surface area contributed by atoms with Crippen LogP contribution in [0.5, 0.6) is 0 Å². The molecule has 4 rings (SSSR count). The number of amides is 4. The van der Waals surface area contributed by atoms with E-state index >= 15 is 0 Å². The van der Waals surface area contributed by atoms with Crippen LogP contribution in [0.2, 0.25) is 0 Å². The third kappa shape index (κ3) is 8.66. The van der Waals surface area contributed by atoms with Gasteiger partial charge >= 0.3 is 0 Å². The highest BCUT2D eigenvalue weighted by Gasteiger charge is 2.19. The number of benzene rings is 2. The normalized spacial score (nSPS) is 12.2. The summed E-state index contributed by atoms with van der Waals surface area (Å²) in [6.07, 6.45) is 4.34. The van der Waals surface area contributed by atoms with Gasteiger partial charge in [0.1, 0.15) is 22.9 Å². The van der Waals surface area contributed by atoms with E-state index < -0.39 is 29.7 Å². The molecule has 0 spiro atoms. The predicted molar refractivity (Wildman–Crippen MR) is 153 cm³/mol. The topological polar surface area (TPSA) is 163 Å². The molecule has 11 nitrogen and oxygen atoms in total. The Balaban J connectivity index is 1.35. The lowest BCUT2D eigenvalue weighted by Crippen LogP contribution is -2.43. The Bertz CT molecular complexity index is 1430. The third-order valence-electron chi connectivity index (χ3n) is 5.71. The van der Waals surface area contributed by atoms with Crippen LogP contribution in [-0.4, -0.2) is 47.9 Å². The maximum atomic E-state index is 12.9. The van der Waals surface area contributed by atoms with Crippen molar-refractivity contribution in [2.75, 3.05) is 13.1 Å². The minimum atomic E-state index is -1.21. The van der Waals surface area contributed by atoms with Gasteiger partial charge in [0.05, 0.1) is 18.6 Å². The van der Waals surface area contributed by atoms with Crippen LogP contribution in [0.4, 0.5) is 0 Å². The summed E-state index contributed by atoms with van der Waals surface area (Å²) in [5, 5.41) is 20.6. The molecule has 42 heavy (non-hydrogen) atoms. The first-order valence-electron chi connectivity index (χ1n) is 12.9. The first kappa shape index (κ1) is 29.3. The first-order chi connectivity index (χ1) is 20.4. The first-order valence-corrected chi connectivity index (χ1v) is 12.9. The van der Waals surface area contributed by atoms with Crippen molar-refractivity contribution in [1.29, 1.82) is 0 Å². The number of aliphatic hydroxyl groups excluding tert-OH is 1. The number of rotatable bonds is 12. The minimum absolute atomic E-state index is 0.109. The predicted octanol–water partition coefficient (Wildman–Crippen LogP) is 2.71. The van der Waals surface area contributed by atoms with Crippen molar-refractivity contribution in [3.05, 3.63) is 131 Å². The molecule has 2 aromatic carbocycles. The Morgan fingerprint density at radius 2 is 1.02 bits per heavy atom. The Kier molecular flexibility index (Phi) is 10.2. The van der Waals surface area contributed by atoms with Crippen molar-refractivity contribution in [2.45, 2.75) is 6.10 Å². The van der Waals surface area contributed by atoms with Crippen LogP contribution < -0.4 is 21.3 Å². The molecular weight excluding hydrogens is 540 g/mol.